The third kappa shape index (κ3) is 3.38. The maximum absolute atomic E-state index is 10.1. The highest BCUT2D eigenvalue weighted by Gasteiger charge is 2.46. The van der Waals surface area contributed by atoms with Gasteiger partial charge in [0.25, 0.3) is 0 Å². The Morgan fingerprint density at radius 3 is 2.59 bits per heavy atom. The van der Waals surface area contributed by atoms with Crippen LogP contribution < -0.4 is 10.6 Å². The molecular weight excluding hydrogens is 422 g/mol. The number of halogens is 1. The molecule has 1 fully saturated rings. The van der Waals surface area contributed by atoms with Gasteiger partial charge in [0, 0.05) is 25.3 Å². The van der Waals surface area contributed by atoms with Crippen LogP contribution in [0.2, 0.25) is 5.02 Å². The van der Waals surface area contributed by atoms with E-state index in [1.165, 1.54) is 11.1 Å². The van der Waals surface area contributed by atoms with Crippen molar-refractivity contribution in [3.8, 4) is 11.4 Å². The minimum absolute atomic E-state index is 0.0721. The van der Waals surface area contributed by atoms with E-state index in [1.807, 2.05) is 19.9 Å². The van der Waals surface area contributed by atoms with Crippen LogP contribution in [-0.2, 0) is 13.0 Å². The molecule has 166 valence electrons. The van der Waals surface area contributed by atoms with Crippen LogP contribution in [0, 0.1) is 19.3 Å². The molecule has 1 aliphatic carbocycles. The zero-order valence-electron chi connectivity index (χ0n) is 18.5. The highest BCUT2D eigenvalue weighted by atomic mass is 35.5. The van der Waals surface area contributed by atoms with E-state index in [-0.39, 0.29) is 18.1 Å². The molecule has 5 rings (SSSR count). The molecule has 2 aromatic heterocycles. The third-order valence-corrected chi connectivity index (χ3v) is 7.71. The Hall–Kier alpha value is -2.54. The molecule has 3 aromatic rings. The first-order chi connectivity index (χ1) is 15.4. The molecular formula is C25H28ClN5O. The first-order valence-electron chi connectivity index (χ1n) is 11.1. The fourth-order valence-corrected chi connectivity index (χ4v) is 5.50. The van der Waals surface area contributed by atoms with Crippen LogP contribution in [0.15, 0.2) is 36.5 Å². The zero-order valence-corrected chi connectivity index (χ0v) is 19.2. The standard InChI is InChI=1S/C25H28ClN5O/c1-15-7-10-28-22(20(15)26)21-16(2)29-24(19(14-32)30-21)31-11-8-25(9-12-31)13-17-5-3-4-6-18(17)23(25)27/h3-7,10,23,32H,8-9,11-14,27H2,1-2H3/t23-/m1/s1. The van der Waals surface area contributed by atoms with E-state index in [1.54, 1.807) is 6.20 Å². The van der Waals surface area contributed by atoms with E-state index >= 15 is 0 Å². The number of nitrogens with zero attached hydrogens (tertiary/aromatic N) is 4. The van der Waals surface area contributed by atoms with E-state index < -0.39 is 0 Å². The van der Waals surface area contributed by atoms with E-state index in [0.717, 1.165) is 49.4 Å². The highest BCUT2D eigenvalue weighted by Crippen LogP contribution is 2.51. The number of rotatable bonds is 3. The summed E-state index contributed by atoms with van der Waals surface area (Å²) in [6, 6.07) is 10.5. The number of aryl methyl sites for hydroxylation is 2. The van der Waals surface area contributed by atoms with Crippen molar-refractivity contribution in [2.45, 2.75) is 45.8 Å². The van der Waals surface area contributed by atoms with E-state index in [0.29, 0.717) is 22.1 Å². The summed E-state index contributed by atoms with van der Waals surface area (Å²) in [6.07, 6.45) is 4.73. The number of hydrogen-bond donors (Lipinski definition) is 2. The Kier molecular flexibility index (Phi) is 5.40. The lowest BCUT2D eigenvalue weighted by molar-refractivity contribution is 0.186. The number of anilines is 1. The van der Waals surface area contributed by atoms with Crippen LogP contribution in [0.5, 0.6) is 0 Å². The minimum Gasteiger partial charge on any atom is -0.390 e. The van der Waals surface area contributed by atoms with Crippen LogP contribution >= 0.6 is 11.6 Å². The second-order valence-electron chi connectivity index (χ2n) is 9.08. The Balaban J connectivity index is 1.42. The van der Waals surface area contributed by atoms with Gasteiger partial charge in [-0.3, -0.25) is 4.98 Å². The van der Waals surface area contributed by atoms with Crippen LogP contribution in [0.4, 0.5) is 5.82 Å². The molecule has 0 saturated carbocycles. The van der Waals surface area contributed by atoms with Gasteiger partial charge in [-0.1, -0.05) is 35.9 Å². The van der Waals surface area contributed by atoms with Crippen LogP contribution in [0.3, 0.4) is 0 Å². The molecule has 1 saturated heterocycles. The zero-order chi connectivity index (χ0) is 22.5. The second kappa shape index (κ2) is 8.10. The summed E-state index contributed by atoms with van der Waals surface area (Å²) in [4.78, 5) is 16.3. The number of pyridine rings is 1. The lowest BCUT2D eigenvalue weighted by atomic mass is 9.73. The smallest absolute Gasteiger partial charge is 0.153 e. The fourth-order valence-electron chi connectivity index (χ4n) is 5.30. The molecule has 1 aliphatic heterocycles. The van der Waals surface area contributed by atoms with E-state index in [4.69, 9.17) is 27.3 Å². The van der Waals surface area contributed by atoms with E-state index in [2.05, 4.69) is 34.1 Å². The number of aliphatic hydroxyl groups excluding tert-OH is 1. The van der Waals surface area contributed by atoms with Crippen LogP contribution in [-0.4, -0.2) is 33.1 Å². The van der Waals surface area contributed by atoms with Gasteiger partial charge in [-0.15, -0.1) is 0 Å². The molecule has 0 radical (unpaired) electrons. The number of aliphatic hydroxyl groups is 1. The largest absolute Gasteiger partial charge is 0.390 e. The first-order valence-corrected chi connectivity index (χ1v) is 11.5. The summed E-state index contributed by atoms with van der Waals surface area (Å²) in [5.41, 5.74) is 13.0. The van der Waals surface area contributed by atoms with Crippen molar-refractivity contribution in [3.05, 3.63) is 69.6 Å². The Bertz CT molecular complexity index is 1170. The van der Waals surface area contributed by atoms with Gasteiger partial charge in [-0.05, 0) is 61.3 Å². The van der Waals surface area contributed by atoms with Crippen molar-refractivity contribution >= 4 is 17.4 Å². The lowest BCUT2D eigenvalue weighted by Gasteiger charge is -2.43. The van der Waals surface area contributed by atoms with Crippen molar-refractivity contribution in [2.24, 2.45) is 11.1 Å². The molecule has 3 N–H and O–H groups in total. The quantitative estimate of drug-likeness (QED) is 0.624. The average Bonchev–Trinajstić information content (AvgIpc) is 3.07. The summed E-state index contributed by atoms with van der Waals surface area (Å²) in [5.74, 6) is 0.747. The van der Waals surface area contributed by atoms with E-state index in [9.17, 15) is 5.11 Å². The Morgan fingerprint density at radius 1 is 1.12 bits per heavy atom. The summed E-state index contributed by atoms with van der Waals surface area (Å²) >= 11 is 6.49. The predicted octanol–water partition coefficient (Wildman–Crippen LogP) is 4.14. The van der Waals surface area contributed by atoms with Crippen molar-refractivity contribution in [3.63, 3.8) is 0 Å². The highest BCUT2D eigenvalue weighted by molar-refractivity contribution is 6.33. The molecule has 3 heterocycles. The number of aromatic nitrogens is 3. The monoisotopic (exact) mass is 449 g/mol. The Labute approximate surface area is 193 Å². The molecule has 6 nitrogen and oxygen atoms in total. The van der Waals surface area contributed by atoms with Gasteiger partial charge in [0.2, 0.25) is 0 Å². The normalized spacial score (nSPS) is 19.4. The maximum Gasteiger partial charge on any atom is 0.153 e. The molecule has 0 amide bonds. The van der Waals surface area contributed by atoms with Gasteiger partial charge in [0.1, 0.15) is 17.1 Å². The van der Waals surface area contributed by atoms with Gasteiger partial charge < -0.3 is 15.7 Å². The topological polar surface area (TPSA) is 88.2 Å². The van der Waals surface area contributed by atoms with Gasteiger partial charge in [-0.25, -0.2) is 9.97 Å². The summed E-state index contributed by atoms with van der Waals surface area (Å²) in [5, 5.41) is 10.7. The van der Waals surface area contributed by atoms with Crippen molar-refractivity contribution in [1.29, 1.82) is 0 Å². The molecule has 1 aromatic carbocycles. The van der Waals surface area contributed by atoms with Crippen molar-refractivity contribution in [1.82, 2.24) is 15.0 Å². The average molecular weight is 450 g/mol. The summed E-state index contributed by atoms with van der Waals surface area (Å²) < 4.78 is 0. The number of piperidine rings is 1. The third-order valence-electron chi connectivity index (χ3n) is 7.23. The number of benzene rings is 1. The van der Waals surface area contributed by atoms with Gasteiger partial charge >= 0.3 is 0 Å². The molecule has 32 heavy (non-hydrogen) atoms. The lowest BCUT2D eigenvalue weighted by Crippen LogP contribution is -2.45. The first kappa shape index (κ1) is 21.3. The second-order valence-corrected chi connectivity index (χ2v) is 9.46. The number of nitrogens with two attached hydrogens (primary N) is 1. The number of fused-ring (bicyclic) bond motifs is 1. The molecule has 2 aliphatic rings. The summed E-state index contributed by atoms with van der Waals surface area (Å²) in [7, 11) is 0. The molecule has 0 bridgehead atoms. The van der Waals surface area contributed by atoms with Gasteiger partial charge in [0.05, 0.1) is 17.3 Å². The summed E-state index contributed by atoms with van der Waals surface area (Å²) in [6.45, 7) is 5.35. The molecule has 1 spiro atoms. The molecule has 1 atom stereocenters. The molecule has 0 unspecified atom stereocenters. The SMILES string of the molecule is Cc1ccnc(-c2nc(CO)c(N3CCC4(CC3)Cc3ccccc3[C@H]4N)nc2C)c1Cl. The molecule has 7 heteroatoms. The van der Waals surface area contributed by atoms with Crippen LogP contribution in [0.25, 0.3) is 11.4 Å². The van der Waals surface area contributed by atoms with Crippen LogP contribution in [0.1, 0.15) is 47.0 Å². The van der Waals surface area contributed by atoms with Crippen molar-refractivity contribution < 1.29 is 5.11 Å². The van der Waals surface area contributed by atoms with Gasteiger partial charge in [0.15, 0.2) is 5.82 Å². The minimum atomic E-state index is -0.189. The predicted molar refractivity (Wildman–Crippen MR) is 127 cm³/mol. The Morgan fingerprint density at radius 2 is 1.88 bits per heavy atom. The van der Waals surface area contributed by atoms with Crippen molar-refractivity contribution in [2.75, 3.05) is 18.0 Å². The maximum atomic E-state index is 10.1. The number of hydrogen-bond acceptors (Lipinski definition) is 6. The van der Waals surface area contributed by atoms with Gasteiger partial charge in [-0.2, -0.15) is 0 Å². The fraction of sp³-hybridized carbons (Fsp3) is 0.400.